The first-order valence-corrected chi connectivity index (χ1v) is 12.2. The molecule has 2 aliphatic rings. The first-order valence-electron chi connectivity index (χ1n) is 12.2. The molecule has 202 valence electrons. The van der Waals surface area contributed by atoms with Crippen molar-refractivity contribution in [2.45, 2.75) is 13.8 Å². The number of aliphatic hydroxyl groups excluding tert-OH is 1. The SMILES string of the molecule is Cc1cc(-c2ccccc2C(=O)Oc2ccc(OC(O)=C3C=CC=C3)c(C)c2)ccc1[O-].O=CC1=C[CH][CH][CH-]1.[Fe+2]. The molecular weight excluding hydrogens is 548 g/mol. The summed E-state index contributed by atoms with van der Waals surface area (Å²) in [5.41, 5.74) is 4.49. The molecule has 6 nitrogen and oxygen atoms in total. The number of esters is 1. The van der Waals surface area contributed by atoms with Crippen molar-refractivity contribution in [2.24, 2.45) is 0 Å². The molecule has 7 heteroatoms. The molecule has 2 aliphatic carbocycles. The van der Waals surface area contributed by atoms with Crippen molar-refractivity contribution < 1.29 is 46.3 Å². The molecule has 40 heavy (non-hydrogen) atoms. The van der Waals surface area contributed by atoms with Gasteiger partial charge in [-0.15, -0.1) is 5.75 Å². The number of aldehydes is 1. The van der Waals surface area contributed by atoms with Crippen LogP contribution in [0.2, 0.25) is 0 Å². The molecule has 0 aromatic heterocycles. The second kappa shape index (κ2) is 14.1. The summed E-state index contributed by atoms with van der Waals surface area (Å²) in [4.78, 5) is 22.8. The fraction of sp³-hybridized carbons (Fsp3) is 0.0606. The molecule has 5 rings (SSSR count). The fourth-order valence-electron chi connectivity index (χ4n) is 3.84. The normalized spacial score (nSPS) is 12.8. The van der Waals surface area contributed by atoms with Crippen LogP contribution in [0.3, 0.4) is 0 Å². The van der Waals surface area contributed by atoms with Gasteiger partial charge in [-0.2, -0.15) is 18.1 Å². The zero-order chi connectivity index (χ0) is 27.8. The van der Waals surface area contributed by atoms with Crippen LogP contribution in [0.15, 0.2) is 108 Å². The predicted molar refractivity (Wildman–Crippen MR) is 148 cm³/mol. The Morgan fingerprint density at radius 1 is 0.950 bits per heavy atom. The minimum absolute atomic E-state index is 0. The summed E-state index contributed by atoms with van der Waals surface area (Å²) in [6.07, 6.45) is 15.1. The number of carbonyl (C=O) groups is 2. The molecule has 0 atom stereocenters. The van der Waals surface area contributed by atoms with Gasteiger partial charge in [0.05, 0.1) is 11.1 Å². The Bertz CT molecular complexity index is 1500. The molecule has 3 aromatic rings. The summed E-state index contributed by atoms with van der Waals surface area (Å²) in [6.45, 7) is 3.54. The van der Waals surface area contributed by atoms with Gasteiger partial charge in [-0.3, -0.25) is 0 Å². The van der Waals surface area contributed by atoms with E-state index in [1.807, 2.05) is 25.0 Å². The van der Waals surface area contributed by atoms with Crippen LogP contribution >= 0.6 is 0 Å². The predicted octanol–water partition coefficient (Wildman–Crippen LogP) is 6.27. The third kappa shape index (κ3) is 7.56. The molecule has 0 unspecified atom stereocenters. The van der Waals surface area contributed by atoms with E-state index in [0.29, 0.717) is 39.3 Å². The minimum atomic E-state index is -0.510. The van der Waals surface area contributed by atoms with Crippen LogP contribution in [0.25, 0.3) is 11.1 Å². The van der Waals surface area contributed by atoms with E-state index >= 15 is 0 Å². The van der Waals surface area contributed by atoms with Gasteiger partial charge >= 0.3 is 23.0 Å². The topological polar surface area (TPSA) is 95.9 Å². The van der Waals surface area contributed by atoms with Crippen LogP contribution in [-0.2, 0) is 21.9 Å². The number of aliphatic hydroxyl groups is 1. The molecular formula is C33H26FeO6. The van der Waals surface area contributed by atoms with Gasteiger partial charge in [0.1, 0.15) is 11.5 Å². The van der Waals surface area contributed by atoms with Crippen LogP contribution in [-0.4, -0.2) is 17.4 Å². The van der Waals surface area contributed by atoms with Gasteiger partial charge in [-0.1, -0.05) is 67.0 Å². The number of hydrogen-bond acceptors (Lipinski definition) is 6. The van der Waals surface area contributed by atoms with Crippen molar-refractivity contribution in [3.05, 3.63) is 144 Å². The zero-order valence-corrected chi connectivity index (χ0v) is 22.9. The Kier molecular flexibility index (Phi) is 10.6. The Balaban J connectivity index is 0.000000482. The third-order valence-electron chi connectivity index (χ3n) is 5.93. The van der Waals surface area contributed by atoms with E-state index in [4.69, 9.17) is 9.47 Å². The van der Waals surface area contributed by atoms with E-state index in [-0.39, 0.29) is 28.8 Å². The quantitative estimate of drug-likeness (QED) is 0.0931. The van der Waals surface area contributed by atoms with Crippen LogP contribution < -0.4 is 14.6 Å². The Hall–Kier alpha value is -4.45. The smallest absolute Gasteiger partial charge is 0.872 e. The number of allylic oxidation sites excluding steroid dienone is 7. The Labute approximate surface area is 244 Å². The van der Waals surface area contributed by atoms with Gasteiger partial charge in [0.2, 0.25) is 0 Å². The molecule has 2 radical (unpaired) electrons. The third-order valence-corrected chi connectivity index (χ3v) is 5.93. The maximum Gasteiger partial charge on any atom is 2.00 e. The van der Waals surface area contributed by atoms with E-state index < -0.39 is 5.97 Å². The van der Waals surface area contributed by atoms with Crippen molar-refractivity contribution in [3.8, 4) is 28.4 Å². The van der Waals surface area contributed by atoms with Gasteiger partial charge in [-0.05, 0) is 67.0 Å². The monoisotopic (exact) mass is 574 g/mol. The van der Waals surface area contributed by atoms with Crippen LogP contribution in [0.5, 0.6) is 17.2 Å². The largest absolute Gasteiger partial charge is 2.00 e. The van der Waals surface area contributed by atoms with E-state index in [1.165, 1.54) is 6.07 Å². The van der Waals surface area contributed by atoms with Crippen molar-refractivity contribution in [1.29, 1.82) is 0 Å². The molecule has 0 heterocycles. The molecule has 0 bridgehead atoms. The van der Waals surface area contributed by atoms with Gasteiger partial charge in [-0.25, -0.2) is 4.79 Å². The second-order valence-corrected chi connectivity index (χ2v) is 8.76. The Morgan fingerprint density at radius 2 is 1.70 bits per heavy atom. The first kappa shape index (κ1) is 30.1. The van der Waals surface area contributed by atoms with Gasteiger partial charge < -0.3 is 24.5 Å². The van der Waals surface area contributed by atoms with Gasteiger partial charge in [0.25, 0.3) is 5.95 Å². The molecule has 3 aromatic carbocycles. The second-order valence-electron chi connectivity index (χ2n) is 8.76. The summed E-state index contributed by atoms with van der Waals surface area (Å²) in [6, 6.07) is 17.0. The molecule has 0 saturated carbocycles. The standard InChI is InChI=1S/C27H22O5.C6H5O.Fe/c1-17-15-20(11-13-24(17)28)22-9-5-6-10-23(22)27(30)31-21-12-14-25(18(2)16-21)32-26(29)19-7-3-4-8-19;7-5-6-3-1-2-4-6;/h3-16,28-29H,1-2H3;1-5H;/q;-1;+2/p-1. The van der Waals surface area contributed by atoms with E-state index in [2.05, 4.69) is 0 Å². The number of aryl methyl sites for hydroxylation is 2. The van der Waals surface area contributed by atoms with Gasteiger partial charge in [0.15, 0.2) is 0 Å². The number of ether oxygens (including phenoxy) is 2. The van der Waals surface area contributed by atoms with E-state index in [0.717, 1.165) is 17.4 Å². The van der Waals surface area contributed by atoms with Crippen molar-refractivity contribution >= 4 is 12.3 Å². The number of carbonyl (C=O) groups excluding carboxylic acids is 2. The molecule has 1 N–H and O–H groups in total. The number of hydrogen-bond donors (Lipinski definition) is 1. The fourth-order valence-corrected chi connectivity index (χ4v) is 3.84. The first-order chi connectivity index (χ1) is 18.9. The van der Waals surface area contributed by atoms with E-state index in [9.17, 15) is 19.8 Å². The Morgan fingerprint density at radius 3 is 2.33 bits per heavy atom. The zero-order valence-electron chi connectivity index (χ0n) is 21.8. The average Bonchev–Trinajstić information content (AvgIpc) is 3.67. The summed E-state index contributed by atoms with van der Waals surface area (Å²) >= 11 is 0. The van der Waals surface area contributed by atoms with Crippen molar-refractivity contribution in [3.63, 3.8) is 0 Å². The van der Waals surface area contributed by atoms with Crippen LogP contribution in [0.4, 0.5) is 0 Å². The summed E-state index contributed by atoms with van der Waals surface area (Å²) < 4.78 is 11.1. The molecule has 0 fully saturated rings. The summed E-state index contributed by atoms with van der Waals surface area (Å²) in [5.74, 6) is 0.0544. The number of benzene rings is 3. The van der Waals surface area contributed by atoms with Crippen molar-refractivity contribution in [2.75, 3.05) is 0 Å². The molecule has 0 amide bonds. The van der Waals surface area contributed by atoms with Crippen LogP contribution in [0.1, 0.15) is 21.5 Å². The molecule has 0 aliphatic heterocycles. The maximum atomic E-state index is 12.9. The number of rotatable bonds is 6. The summed E-state index contributed by atoms with van der Waals surface area (Å²) in [7, 11) is 0. The maximum absolute atomic E-state index is 12.9. The molecule has 0 saturated heterocycles. The average molecular weight is 574 g/mol. The van der Waals surface area contributed by atoms with Crippen LogP contribution in [0, 0.1) is 33.1 Å². The summed E-state index contributed by atoms with van der Waals surface area (Å²) in [5, 5.41) is 21.9. The molecule has 0 spiro atoms. The van der Waals surface area contributed by atoms with Crippen molar-refractivity contribution in [1.82, 2.24) is 0 Å². The van der Waals surface area contributed by atoms with E-state index in [1.54, 1.807) is 93.1 Å². The minimum Gasteiger partial charge on any atom is -0.872 e. The van der Waals surface area contributed by atoms with Gasteiger partial charge in [0, 0.05) is 6.29 Å².